The third-order valence-electron chi connectivity index (χ3n) is 3.66. The zero-order valence-electron chi connectivity index (χ0n) is 12.2. The first-order chi connectivity index (χ1) is 10.8. The van der Waals surface area contributed by atoms with E-state index >= 15 is 0 Å². The van der Waals surface area contributed by atoms with Gasteiger partial charge in [-0.1, -0.05) is 12.1 Å². The quantitative estimate of drug-likeness (QED) is 0.757. The van der Waals surface area contributed by atoms with Crippen molar-refractivity contribution in [2.24, 2.45) is 0 Å². The molecule has 2 aromatic carbocycles. The van der Waals surface area contributed by atoms with Crippen molar-refractivity contribution >= 4 is 10.9 Å². The number of aliphatic hydroxyl groups excluding tert-OH is 1. The lowest BCUT2D eigenvalue weighted by Crippen LogP contribution is -2.02. The minimum atomic E-state index is -0.222. The topological polar surface area (TPSA) is 34.4 Å². The number of nitrogens with zero attached hydrogens (tertiary/aromatic N) is 1. The van der Waals surface area contributed by atoms with Crippen molar-refractivity contribution in [3.05, 3.63) is 66.1 Å². The summed E-state index contributed by atoms with van der Waals surface area (Å²) < 4.78 is 20.6. The highest BCUT2D eigenvalue weighted by Crippen LogP contribution is 2.22. The SMILES string of the molecule is OCCn1ccc2ccc(OCCc3ccc(F)cc3)cc21. The highest BCUT2D eigenvalue weighted by Gasteiger charge is 2.03. The summed E-state index contributed by atoms with van der Waals surface area (Å²) in [5.74, 6) is 0.576. The molecule has 0 fully saturated rings. The minimum Gasteiger partial charge on any atom is -0.493 e. The normalized spacial score (nSPS) is 11.0. The largest absolute Gasteiger partial charge is 0.493 e. The van der Waals surface area contributed by atoms with Gasteiger partial charge in [0.2, 0.25) is 0 Å². The van der Waals surface area contributed by atoms with E-state index < -0.39 is 0 Å². The Morgan fingerprint density at radius 3 is 2.64 bits per heavy atom. The molecule has 0 saturated heterocycles. The van der Waals surface area contributed by atoms with Gasteiger partial charge in [0.05, 0.1) is 18.7 Å². The van der Waals surface area contributed by atoms with Crippen LogP contribution in [0.4, 0.5) is 4.39 Å². The molecular weight excluding hydrogens is 281 g/mol. The fourth-order valence-electron chi connectivity index (χ4n) is 2.49. The molecule has 3 aromatic rings. The van der Waals surface area contributed by atoms with Gasteiger partial charge in [0, 0.05) is 25.2 Å². The first-order valence-electron chi connectivity index (χ1n) is 7.33. The van der Waals surface area contributed by atoms with Crippen LogP contribution >= 0.6 is 0 Å². The summed E-state index contributed by atoms with van der Waals surface area (Å²) in [4.78, 5) is 0. The molecule has 1 aromatic heterocycles. The summed E-state index contributed by atoms with van der Waals surface area (Å²) in [7, 11) is 0. The van der Waals surface area contributed by atoms with E-state index in [4.69, 9.17) is 9.84 Å². The summed E-state index contributed by atoms with van der Waals surface area (Å²) in [5.41, 5.74) is 2.10. The second-order valence-corrected chi connectivity index (χ2v) is 5.18. The number of benzene rings is 2. The Bertz CT molecular complexity index is 749. The van der Waals surface area contributed by atoms with E-state index in [1.165, 1.54) is 12.1 Å². The predicted molar refractivity (Wildman–Crippen MR) is 84.6 cm³/mol. The van der Waals surface area contributed by atoms with Crippen LogP contribution in [0.25, 0.3) is 10.9 Å². The van der Waals surface area contributed by atoms with Crippen LogP contribution in [-0.4, -0.2) is 22.9 Å². The molecule has 3 nitrogen and oxygen atoms in total. The zero-order chi connectivity index (χ0) is 15.4. The Labute approximate surface area is 128 Å². The van der Waals surface area contributed by atoms with E-state index in [1.807, 2.05) is 35.0 Å². The monoisotopic (exact) mass is 299 g/mol. The number of fused-ring (bicyclic) bond motifs is 1. The Morgan fingerprint density at radius 1 is 1.05 bits per heavy atom. The van der Waals surface area contributed by atoms with Crippen molar-refractivity contribution in [1.29, 1.82) is 0 Å². The van der Waals surface area contributed by atoms with E-state index in [0.29, 0.717) is 13.2 Å². The van der Waals surface area contributed by atoms with Crippen molar-refractivity contribution in [1.82, 2.24) is 4.57 Å². The number of halogens is 1. The maximum atomic E-state index is 12.8. The van der Waals surface area contributed by atoms with E-state index in [2.05, 4.69) is 0 Å². The van der Waals surface area contributed by atoms with Gasteiger partial charge in [-0.15, -0.1) is 0 Å². The molecular formula is C18H18FNO2. The molecule has 114 valence electrons. The van der Waals surface area contributed by atoms with Crippen LogP contribution in [0.15, 0.2) is 54.7 Å². The van der Waals surface area contributed by atoms with Crippen molar-refractivity contribution < 1.29 is 14.2 Å². The summed E-state index contributed by atoms with van der Waals surface area (Å²) in [6.45, 7) is 1.22. The van der Waals surface area contributed by atoms with E-state index in [-0.39, 0.29) is 12.4 Å². The van der Waals surface area contributed by atoms with Crippen molar-refractivity contribution in [3.8, 4) is 5.75 Å². The van der Waals surface area contributed by atoms with Gasteiger partial charge in [0.15, 0.2) is 0 Å². The standard InChI is InChI=1S/C18H18FNO2/c19-16-4-1-14(2-5-16)8-12-22-17-6-3-15-7-9-20(10-11-21)18(15)13-17/h1-7,9,13,21H,8,10-12H2. The first kappa shape index (κ1) is 14.6. The fourth-order valence-corrected chi connectivity index (χ4v) is 2.49. The smallest absolute Gasteiger partial charge is 0.123 e. The lowest BCUT2D eigenvalue weighted by molar-refractivity contribution is 0.278. The molecule has 4 heteroatoms. The van der Waals surface area contributed by atoms with Gasteiger partial charge in [0.1, 0.15) is 11.6 Å². The first-order valence-corrected chi connectivity index (χ1v) is 7.33. The average molecular weight is 299 g/mol. The molecule has 0 aliphatic carbocycles. The summed E-state index contributed by atoms with van der Waals surface area (Å²) in [6, 6.07) is 14.4. The molecule has 0 saturated carbocycles. The average Bonchev–Trinajstić information content (AvgIpc) is 2.92. The molecule has 0 amide bonds. The van der Waals surface area contributed by atoms with Crippen LogP contribution in [0.1, 0.15) is 5.56 Å². The zero-order valence-corrected chi connectivity index (χ0v) is 12.2. The van der Waals surface area contributed by atoms with Crippen LogP contribution in [0.3, 0.4) is 0 Å². The molecule has 0 atom stereocenters. The summed E-state index contributed by atoms with van der Waals surface area (Å²) >= 11 is 0. The van der Waals surface area contributed by atoms with E-state index in [0.717, 1.165) is 28.6 Å². The highest BCUT2D eigenvalue weighted by molar-refractivity contribution is 5.81. The molecule has 3 rings (SSSR count). The fraction of sp³-hybridized carbons (Fsp3) is 0.222. The molecule has 1 heterocycles. The number of aromatic nitrogens is 1. The lowest BCUT2D eigenvalue weighted by Gasteiger charge is -2.08. The van der Waals surface area contributed by atoms with Gasteiger partial charge in [0.25, 0.3) is 0 Å². The van der Waals surface area contributed by atoms with Crippen LogP contribution in [0.5, 0.6) is 5.75 Å². The molecule has 0 unspecified atom stereocenters. The molecule has 0 radical (unpaired) electrons. The van der Waals surface area contributed by atoms with Crippen molar-refractivity contribution in [3.63, 3.8) is 0 Å². The molecule has 1 N–H and O–H groups in total. The minimum absolute atomic E-state index is 0.111. The van der Waals surface area contributed by atoms with Gasteiger partial charge in [-0.2, -0.15) is 0 Å². The van der Waals surface area contributed by atoms with Gasteiger partial charge < -0.3 is 14.4 Å². The molecule has 0 spiro atoms. The molecule has 0 bridgehead atoms. The van der Waals surface area contributed by atoms with Crippen LogP contribution in [0.2, 0.25) is 0 Å². The Morgan fingerprint density at radius 2 is 1.86 bits per heavy atom. The number of aliphatic hydroxyl groups is 1. The Kier molecular flexibility index (Phi) is 4.39. The predicted octanol–water partition coefficient (Wildman–Crippen LogP) is 3.39. The van der Waals surface area contributed by atoms with Crippen LogP contribution in [0, 0.1) is 5.82 Å². The van der Waals surface area contributed by atoms with Gasteiger partial charge in [-0.3, -0.25) is 0 Å². The Balaban J connectivity index is 1.65. The molecule has 22 heavy (non-hydrogen) atoms. The molecule has 0 aliphatic heterocycles. The van der Waals surface area contributed by atoms with Crippen molar-refractivity contribution in [2.75, 3.05) is 13.2 Å². The summed E-state index contributed by atoms with van der Waals surface area (Å²) in [5, 5.41) is 10.2. The summed E-state index contributed by atoms with van der Waals surface area (Å²) in [6.07, 6.45) is 2.69. The Hall–Kier alpha value is -2.33. The second kappa shape index (κ2) is 6.62. The second-order valence-electron chi connectivity index (χ2n) is 5.18. The third kappa shape index (κ3) is 3.28. The maximum absolute atomic E-state index is 12.8. The van der Waals surface area contributed by atoms with E-state index in [9.17, 15) is 4.39 Å². The number of rotatable bonds is 6. The van der Waals surface area contributed by atoms with Crippen LogP contribution in [-0.2, 0) is 13.0 Å². The van der Waals surface area contributed by atoms with Crippen LogP contribution < -0.4 is 4.74 Å². The van der Waals surface area contributed by atoms with Gasteiger partial charge in [-0.05, 0) is 41.3 Å². The third-order valence-corrected chi connectivity index (χ3v) is 3.66. The highest BCUT2D eigenvalue weighted by atomic mass is 19.1. The number of ether oxygens (including phenoxy) is 1. The van der Waals surface area contributed by atoms with Gasteiger partial charge in [-0.25, -0.2) is 4.39 Å². The lowest BCUT2D eigenvalue weighted by atomic mass is 10.1. The van der Waals surface area contributed by atoms with Gasteiger partial charge >= 0.3 is 0 Å². The number of hydrogen-bond acceptors (Lipinski definition) is 2. The molecule has 0 aliphatic rings. The number of hydrogen-bond donors (Lipinski definition) is 1. The van der Waals surface area contributed by atoms with E-state index in [1.54, 1.807) is 12.1 Å². The van der Waals surface area contributed by atoms with Crippen molar-refractivity contribution in [2.45, 2.75) is 13.0 Å². The maximum Gasteiger partial charge on any atom is 0.123 e.